The summed E-state index contributed by atoms with van der Waals surface area (Å²) in [5.41, 5.74) is 2.12. The van der Waals surface area contributed by atoms with Gasteiger partial charge in [0.1, 0.15) is 12.2 Å². The zero-order valence-corrected chi connectivity index (χ0v) is 12.3. The second-order valence-corrected chi connectivity index (χ2v) is 5.17. The number of aromatic amines is 1. The van der Waals surface area contributed by atoms with Gasteiger partial charge in [0.2, 0.25) is 5.91 Å². The quantitative estimate of drug-likeness (QED) is 0.920. The van der Waals surface area contributed by atoms with Crippen LogP contribution in [0.3, 0.4) is 0 Å². The Hall–Kier alpha value is -1.88. The highest BCUT2D eigenvalue weighted by molar-refractivity contribution is 6.31. The largest absolute Gasteiger partial charge is 0.338 e. The van der Waals surface area contributed by atoms with E-state index >= 15 is 0 Å². The molecule has 1 aromatic heterocycles. The Morgan fingerprint density at radius 1 is 1.45 bits per heavy atom. The number of nitrogens with one attached hydrogen (secondary N) is 1. The molecule has 6 heteroatoms. The van der Waals surface area contributed by atoms with Crippen LogP contribution in [0.25, 0.3) is 0 Å². The highest BCUT2D eigenvalue weighted by Crippen LogP contribution is 2.17. The fourth-order valence-electron chi connectivity index (χ4n) is 1.85. The second kappa shape index (κ2) is 6.52. The molecule has 5 nitrogen and oxygen atoms in total. The van der Waals surface area contributed by atoms with Gasteiger partial charge in [-0.05, 0) is 30.5 Å². The number of carbonyl (C=O) groups is 1. The first-order valence-electron chi connectivity index (χ1n) is 6.39. The van der Waals surface area contributed by atoms with Crippen LogP contribution in [-0.2, 0) is 17.8 Å². The van der Waals surface area contributed by atoms with Crippen molar-refractivity contribution in [3.8, 4) is 0 Å². The SMILES string of the molecule is Cc1ccc(CCC(=O)N(C)Cc2ncn[nH]2)cc1Cl. The number of hydrogen-bond donors (Lipinski definition) is 1. The van der Waals surface area contributed by atoms with Gasteiger partial charge in [0, 0.05) is 18.5 Å². The summed E-state index contributed by atoms with van der Waals surface area (Å²) in [5.74, 6) is 0.748. The first-order chi connectivity index (χ1) is 9.56. The maximum atomic E-state index is 12.0. The van der Waals surface area contributed by atoms with Crippen molar-refractivity contribution in [2.24, 2.45) is 0 Å². The summed E-state index contributed by atoms with van der Waals surface area (Å²) >= 11 is 6.07. The lowest BCUT2D eigenvalue weighted by Gasteiger charge is -2.15. The van der Waals surface area contributed by atoms with E-state index in [1.807, 2.05) is 25.1 Å². The molecule has 0 aliphatic rings. The van der Waals surface area contributed by atoms with Crippen molar-refractivity contribution in [3.05, 3.63) is 46.5 Å². The minimum Gasteiger partial charge on any atom is -0.338 e. The summed E-state index contributed by atoms with van der Waals surface area (Å²) in [6.07, 6.45) is 2.56. The third-order valence-electron chi connectivity index (χ3n) is 3.14. The number of amides is 1. The highest BCUT2D eigenvalue weighted by Gasteiger charge is 2.11. The number of benzene rings is 1. The predicted molar refractivity (Wildman–Crippen MR) is 77.4 cm³/mol. The lowest BCUT2D eigenvalue weighted by Crippen LogP contribution is -2.26. The van der Waals surface area contributed by atoms with Gasteiger partial charge in [-0.25, -0.2) is 4.98 Å². The topological polar surface area (TPSA) is 61.9 Å². The summed E-state index contributed by atoms with van der Waals surface area (Å²) < 4.78 is 0. The van der Waals surface area contributed by atoms with Crippen LogP contribution in [0.1, 0.15) is 23.4 Å². The average Bonchev–Trinajstić information content (AvgIpc) is 2.92. The first-order valence-corrected chi connectivity index (χ1v) is 6.77. The molecule has 106 valence electrons. The van der Waals surface area contributed by atoms with Crippen molar-refractivity contribution in [1.82, 2.24) is 20.1 Å². The number of aromatic nitrogens is 3. The number of H-pyrrole nitrogens is 1. The van der Waals surface area contributed by atoms with Crippen LogP contribution < -0.4 is 0 Å². The van der Waals surface area contributed by atoms with Crippen molar-refractivity contribution in [3.63, 3.8) is 0 Å². The summed E-state index contributed by atoms with van der Waals surface area (Å²) in [6, 6.07) is 5.89. The average molecular weight is 293 g/mol. The number of hydrogen-bond acceptors (Lipinski definition) is 3. The first kappa shape index (κ1) is 14.5. The normalized spacial score (nSPS) is 10.6. The molecule has 20 heavy (non-hydrogen) atoms. The van der Waals surface area contributed by atoms with Crippen LogP contribution in [0.5, 0.6) is 0 Å². The summed E-state index contributed by atoms with van der Waals surface area (Å²) in [5, 5.41) is 7.24. The van der Waals surface area contributed by atoms with Gasteiger partial charge in [-0.15, -0.1) is 0 Å². The van der Waals surface area contributed by atoms with Gasteiger partial charge in [0.05, 0.1) is 6.54 Å². The van der Waals surface area contributed by atoms with Gasteiger partial charge in [-0.1, -0.05) is 23.7 Å². The standard InChI is InChI=1S/C14H17ClN4O/c1-10-3-4-11(7-12(10)15)5-6-14(20)19(2)8-13-16-9-17-18-13/h3-4,7,9H,5-6,8H2,1-2H3,(H,16,17,18). The van der Waals surface area contributed by atoms with Crippen LogP contribution >= 0.6 is 11.6 Å². The molecule has 2 aromatic rings. The number of carbonyl (C=O) groups excluding carboxylic acids is 1. The predicted octanol–water partition coefficient (Wildman–Crippen LogP) is 2.36. The molecule has 0 spiro atoms. The molecule has 0 atom stereocenters. The van der Waals surface area contributed by atoms with E-state index in [1.165, 1.54) is 6.33 Å². The zero-order valence-electron chi connectivity index (χ0n) is 11.6. The lowest BCUT2D eigenvalue weighted by molar-refractivity contribution is -0.130. The molecule has 0 radical (unpaired) electrons. The van der Waals surface area contributed by atoms with Crippen LogP contribution in [0.15, 0.2) is 24.5 Å². The third kappa shape index (κ3) is 3.81. The van der Waals surface area contributed by atoms with Crippen LogP contribution in [0.4, 0.5) is 0 Å². The summed E-state index contributed by atoms with van der Waals surface area (Å²) in [4.78, 5) is 17.7. The fourth-order valence-corrected chi connectivity index (χ4v) is 2.06. The van der Waals surface area contributed by atoms with Crippen molar-refractivity contribution in [1.29, 1.82) is 0 Å². The molecule has 0 fully saturated rings. The van der Waals surface area contributed by atoms with E-state index in [4.69, 9.17) is 11.6 Å². The monoisotopic (exact) mass is 292 g/mol. The second-order valence-electron chi connectivity index (χ2n) is 4.77. The smallest absolute Gasteiger partial charge is 0.223 e. The van der Waals surface area contributed by atoms with E-state index in [2.05, 4.69) is 15.2 Å². The van der Waals surface area contributed by atoms with Gasteiger partial charge in [-0.2, -0.15) is 5.10 Å². The number of rotatable bonds is 5. The molecular weight excluding hydrogens is 276 g/mol. The Kier molecular flexibility index (Phi) is 4.74. The molecular formula is C14H17ClN4O. The van der Waals surface area contributed by atoms with E-state index < -0.39 is 0 Å². The molecule has 0 saturated heterocycles. The number of halogens is 1. The summed E-state index contributed by atoms with van der Waals surface area (Å²) in [7, 11) is 1.76. The molecule has 1 heterocycles. The molecule has 1 aromatic carbocycles. The number of aryl methyl sites for hydroxylation is 2. The zero-order chi connectivity index (χ0) is 14.5. The van der Waals surface area contributed by atoms with Crippen molar-refractivity contribution < 1.29 is 4.79 Å². The Morgan fingerprint density at radius 2 is 2.25 bits per heavy atom. The molecule has 0 aliphatic carbocycles. The van der Waals surface area contributed by atoms with Gasteiger partial charge in [0.15, 0.2) is 0 Å². The van der Waals surface area contributed by atoms with Crippen molar-refractivity contribution >= 4 is 17.5 Å². The Labute approximate surface area is 123 Å². The van der Waals surface area contributed by atoms with Crippen molar-refractivity contribution in [2.45, 2.75) is 26.3 Å². The molecule has 0 aliphatic heterocycles. The van der Waals surface area contributed by atoms with E-state index in [0.29, 0.717) is 25.2 Å². The van der Waals surface area contributed by atoms with Gasteiger partial charge >= 0.3 is 0 Å². The maximum Gasteiger partial charge on any atom is 0.223 e. The van der Waals surface area contributed by atoms with Crippen LogP contribution in [-0.4, -0.2) is 33.0 Å². The molecule has 0 unspecified atom stereocenters. The third-order valence-corrected chi connectivity index (χ3v) is 3.55. The van der Waals surface area contributed by atoms with Crippen molar-refractivity contribution in [2.75, 3.05) is 7.05 Å². The van der Waals surface area contributed by atoms with E-state index in [0.717, 1.165) is 16.1 Å². The van der Waals surface area contributed by atoms with Crippen LogP contribution in [0, 0.1) is 6.92 Å². The Morgan fingerprint density at radius 3 is 2.90 bits per heavy atom. The van der Waals surface area contributed by atoms with E-state index in [-0.39, 0.29) is 5.91 Å². The van der Waals surface area contributed by atoms with Crippen LogP contribution in [0.2, 0.25) is 5.02 Å². The van der Waals surface area contributed by atoms with Gasteiger partial charge in [0.25, 0.3) is 0 Å². The minimum atomic E-state index is 0.0677. The molecule has 1 amide bonds. The molecule has 0 bridgehead atoms. The van der Waals surface area contributed by atoms with Gasteiger partial charge < -0.3 is 4.90 Å². The Bertz CT molecular complexity index is 583. The molecule has 2 rings (SSSR count). The molecule has 1 N–H and O–H groups in total. The van der Waals surface area contributed by atoms with E-state index in [9.17, 15) is 4.79 Å². The highest BCUT2D eigenvalue weighted by atomic mass is 35.5. The summed E-state index contributed by atoms with van der Waals surface area (Å²) in [6.45, 7) is 2.40. The molecule has 0 saturated carbocycles. The van der Waals surface area contributed by atoms with E-state index in [1.54, 1.807) is 11.9 Å². The minimum absolute atomic E-state index is 0.0677. The fraction of sp³-hybridized carbons (Fsp3) is 0.357. The Balaban J connectivity index is 1.86. The van der Waals surface area contributed by atoms with Gasteiger partial charge in [-0.3, -0.25) is 9.89 Å². The number of nitrogens with zero attached hydrogens (tertiary/aromatic N) is 3. The lowest BCUT2D eigenvalue weighted by atomic mass is 10.1. The maximum absolute atomic E-state index is 12.0.